The van der Waals surface area contributed by atoms with Crippen LogP contribution in [0.3, 0.4) is 0 Å². The monoisotopic (exact) mass is 378 g/mol. The highest BCUT2D eigenvalue weighted by Gasteiger charge is 2.20. The maximum Gasteiger partial charge on any atom is 0.350 e. The molecule has 1 aromatic heterocycles. The first kappa shape index (κ1) is 19.8. The number of hydrogen-bond donors (Lipinski definition) is 0. The zero-order valence-electron chi connectivity index (χ0n) is 14.7. The topological polar surface area (TPSA) is 42.4 Å². The van der Waals surface area contributed by atoms with Crippen molar-refractivity contribution < 1.29 is 18.3 Å². The van der Waals surface area contributed by atoms with Crippen LogP contribution < -0.4 is 4.90 Å². The van der Waals surface area contributed by atoms with Gasteiger partial charge in [0.25, 0.3) is 6.08 Å². The average Bonchev–Trinajstić information content (AvgIpc) is 3.01. The molecule has 0 saturated carbocycles. The molecule has 0 aliphatic heterocycles. The number of aryl methyl sites for hydroxylation is 1. The fraction of sp³-hybridized carbons (Fsp3) is 0.263. The lowest BCUT2D eigenvalue weighted by Crippen LogP contribution is -2.16. The Bertz CT molecular complexity index is 799. The van der Waals surface area contributed by atoms with Crippen molar-refractivity contribution in [2.75, 3.05) is 18.1 Å². The van der Waals surface area contributed by atoms with Gasteiger partial charge in [0.2, 0.25) is 0 Å². The van der Waals surface area contributed by atoms with Gasteiger partial charge in [0.1, 0.15) is 4.88 Å². The highest BCUT2D eigenvalue weighted by atomic mass is 32.1. The normalized spacial score (nSPS) is 10.3. The van der Waals surface area contributed by atoms with Crippen molar-refractivity contribution in [3.05, 3.63) is 65.2 Å². The number of aromatic nitrogens is 1. The number of benzene rings is 1. The SMILES string of the molecule is C=CCN(c1ccccc1)c1nc(C)c(C(=O)OCCC(C)=C(F)F)s1. The molecule has 4 nitrogen and oxygen atoms in total. The lowest BCUT2D eigenvalue weighted by atomic mass is 10.2. The number of para-hydroxylation sites is 1. The van der Waals surface area contributed by atoms with Gasteiger partial charge in [-0.15, -0.1) is 6.58 Å². The van der Waals surface area contributed by atoms with Gasteiger partial charge in [-0.1, -0.05) is 35.6 Å². The summed E-state index contributed by atoms with van der Waals surface area (Å²) < 4.78 is 29.9. The van der Waals surface area contributed by atoms with Crippen LogP contribution >= 0.6 is 11.3 Å². The summed E-state index contributed by atoms with van der Waals surface area (Å²) in [6, 6.07) is 9.64. The molecule has 0 saturated heterocycles. The third kappa shape index (κ3) is 4.98. The molecular formula is C19H20F2N2O2S. The van der Waals surface area contributed by atoms with E-state index in [1.807, 2.05) is 35.2 Å². The van der Waals surface area contributed by atoms with Crippen molar-refractivity contribution >= 4 is 28.1 Å². The summed E-state index contributed by atoms with van der Waals surface area (Å²) in [6.45, 7) is 7.24. The third-order valence-corrected chi connectivity index (χ3v) is 4.77. The number of nitrogens with zero attached hydrogens (tertiary/aromatic N) is 2. The van der Waals surface area contributed by atoms with E-state index in [0.29, 0.717) is 22.2 Å². The van der Waals surface area contributed by atoms with E-state index in [2.05, 4.69) is 11.6 Å². The fourth-order valence-electron chi connectivity index (χ4n) is 2.17. The first-order chi connectivity index (χ1) is 12.4. The molecule has 2 rings (SSSR count). The molecule has 0 aliphatic carbocycles. The van der Waals surface area contributed by atoms with E-state index in [4.69, 9.17) is 4.74 Å². The second kappa shape index (κ2) is 9.24. The molecule has 7 heteroatoms. The Labute approximate surface area is 155 Å². The van der Waals surface area contributed by atoms with Crippen LogP contribution in [0.5, 0.6) is 0 Å². The summed E-state index contributed by atoms with van der Waals surface area (Å²) in [6.07, 6.45) is 0.0218. The molecular weight excluding hydrogens is 358 g/mol. The molecule has 0 fully saturated rings. The van der Waals surface area contributed by atoms with Crippen LogP contribution in [0.2, 0.25) is 0 Å². The Hall–Kier alpha value is -2.54. The number of thiazole rings is 1. The van der Waals surface area contributed by atoms with Gasteiger partial charge in [-0.25, -0.2) is 9.78 Å². The quantitative estimate of drug-likeness (QED) is 0.450. The Morgan fingerprint density at radius 1 is 1.35 bits per heavy atom. The Morgan fingerprint density at radius 3 is 2.65 bits per heavy atom. The molecule has 0 bridgehead atoms. The lowest BCUT2D eigenvalue weighted by Gasteiger charge is -2.19. The molecule has 0 spiro atoms. The molecule has 0 aliphatic rings. The predicted octanol–water partition coefficient (Wildman–Crippen LogP) is 5.49. The molecule has 0 amide bonds. The second-order valence-corrected chi connectivity index (χ2v) is 6.55. The van der Waals surface area contributed by atoms with Crippen molar-refractivity contribution in [3.8, 4) is 0 Å². The Kier molecular flexibility index (Phi) is 7.03. The fourth-order valence-corrected chi connectivity index (χ4v) is 3.17. The largest absolute Gasteiger partial charge is 0.461 e. The maximum absolute atomic E-state index is 12.4. The third-order valence-electron chi connectivity index (χ3n) is 3.61. The summed E-state index contributed by atoms with van der Waals surface area (Å²) in [5, 5.41) is 0.645. The molecule has 0 atom stereocenters. The molecule has 1 heterocycles. The number of hydrogen-bond acceptors (Lipinski definition) is 5. The standard InChI is InChI=1S/C19H20F2N2O2S/c1-4-11-23(15-8-6-5-7-9-15)19-22-14(3)16(26-19)18(24)25-12-10-13(2)17(20)21/h4-9H,1,10-12H2,2-3H3. The molecule has 1 aromatic carbocycles. The van der Waals surface area contributed by atoms with E-state index in [1.54, 1.807) is 13.0 Å². The van der Waals surface area contributed by atoms with Gasteiger partial charge in [-0.2, -0.15) is 8.78 Å². The number of rotatable bonds is 8. The number of esters is 1. The highest BCUT2D eigenvalue weighted by molar-refractivity contribution is 7.17. The smallest absolute Gasteiger partial charge is 0.350 e. The summed E-state index contributed by atoms with van der Waals surface area (Å²) >= 11 is 1.21. The second-order valence-electron chi connectivity index (χ2n) is 5.57. The van der Waals surface area contributed by atoms with E-state index in [9.17, 15) is 13.6 Å². The molecule has 0 radical (unpaired) electrons. The van der Waals surface area contributed by atoms with Crippen LogP contribution in [-0.4, -0.2) is 24.1 Å². The van der Waals surface area contributed by atoms with Crippen molar-refractivity contribution in [3.63, 3.8) is 0 Å². The predicted molar refractivity (Wildman–Crippen MR) is 100 cm³/mol. The average molecular weight is 378 g/mol. The van der Waals surface area contributed by atoms with E-state index in [0.717, 1.165) is 5.69 Å². The van der Waals surface area contributed by atoms with Crippen LogP contribution in [-0.2, 0) is 4.74 Å². The van der Waals surface area contributed by atoms with Crippen molar-refractivity contribution in [2.24, 2.45) is 0 Å². The van der Waals surface area contributed by atoms with Crippen LogP contribution in [0.4, 0.5) is 19.6 Å². The molecule has 0 unspecified atom stereocenters. The molecule has 2 aromatic rings. The first-order valence-corrected chi connectivity index (χ1v) is 8.84. The van der Waals surface area contributed by atoms with Gasteiger partial charge in [0.05, 0.1) is 12.3 Å². The number of halogens is 2. The van der Waals surface area contributed by atoms with Crippen molar-refractivity contribution in [2.45, 2.75) is 20.3 Å². The zero-order chi connectivity index (χ0) is 19.1. The van der Waals surface area contributed by atoms with Crippen LogP contribution in [0.1, 0.15) is 28.7 Å². The minimum atomic E-state index is -1.74. The van der Waals surface area contributed by atoms with Crippen LogP contribution in [0.25, 0.3) is 0 Å². The van der Waals surface area contributed by atoms with Gasteiger partial charge >= 0.3 is 5.97 Å². The Balaban J connectivity index is 2.15. The first-order valence-electron chi connectivity index (χ1n) is 8.02. The van der Waals surface area contributed by atoms with Gasteiger partial charge in [-0.3, -0.25) is 0 Å². The van der Waals surface area contributed by atoms with E-state index in [-0.39, 0.29) is 18.6 Å². The number of carbonyl (C=O) groups is 1. The van der Waals surface area contributed by atoms with E-state index >= 15 is 0 Å². The van der Waals surface area contributed by atoms with Crippen LogP contribution in [0.15, 0.2) is 54.6 Å². The van der Waals surface area contributed by atoms with Gasteiger partial charge in [0.15, 0.2) is 5.13 Å². The van der Waals surface area contributed by atoms with Gasteiger partial charge in [-0.05, 0) is 31.6 Å². The number of carbonyl (C=O) groups excluding carboxylic acids is 1. The van der Waals surface area contributed by atoms with Crippen molar-refractivity contribution in [1.29, 1.82) is 0 Å². The number of ether oxygens (including phenoxy) is 1. The van der Waals surface area contributed by atoms with E-state index < -0.39 is 12.0 Å². The molecule has 0 N–H and O–H groups in total. The summed E-state index contributed by atoms with van der Waals surface area (Å²) in [7, 11) is 0. The van der Waals surface area contributed by atoms with Crippen molar-refractivity contribution in [1.82, 2.24) is 4.98 Å². The van der Waals surface area contributed by atoms with Crippen LogP contribution in [0, 0.1) is 6.92 Å². The minimum absolute atomic E-state index is 0.00534. The minimum Gasteiger partial charge on any atom is -0.461 e. The maximum atomic E-state index is 12.4. The summed E-state index contributed by atoms with van der Waals surface area (Å²) in [5.74, 6) is -0.551. The van der Waals surface area contributed by atoms with E-state index in [1.165, 1.54) is 18.3 Å². The Morgan fingerprint density at radius 2 is 2.04 bits per heavy atom. The van der Waals surface area contributed by atoms with Gasteiger partial charge < -0.3 is 9.64 Å². The zero-order valence-corrected chi connectivity index (χ0v) is 15.5. The summed E-state index contributed by atoms with van der Waals surface area (Å²) in [5.41, 5.74) is 1.39. The van der Waals surface area contributed by atoms with Gasteiger partial charge in [0, 0.05) is 18.7 Å². The highest BCUT2D eigenvalue weighted by Crippen LogP contribution is 2.32. The number of anilines is 2. The lowest BCUT2D eigenvalue weighted by molar-refractivity contribution is 0.0512. The molecule has 138 valence electrons. The molecule has 26 heavy (non-hydrogen) atoms. The summed E-state index contributed by atoms with van der Waals surface area (Å²) in [4.78, 5) is 19.0.